The van der Waals surface area contributed by atoms with E-state index in [0.717, 1.165) is 33.4 Å². The maximum atomic E-state index is 13.3. The largest absolute Gasteiger partial charge is 0.494 e. The topological polar surface area (TPSA) is 106 Å². The van der Waals surface area contributed by atoms with Crippen LogP contribution in [0.15, 0.2) is 56.8 Å². The predicted octanol–water partition coefficient (Wildman–Crippen LogP) is 3.91. The minimum Gasteiger partial charge on any atom is -0.494 e. The zero-order valence-electron chi connectivity index (χ0n) is 19.9. The Kier molecular flexibility index (Phi) is 7.78. The standard InChI is InChI=1S/C24H28N4O5S2/c1-4-32-18-9-7-17(8-10-18)23-25-22(33-26-23)16-27(2)35(30,31)19-11-12-21(34-3)20(15-19)24(29)28-13-5-6-14-28/h7-12,15H,4-6,13-14,16H2,1-3H3. The van der Waals surface area contributed by atoms with Crippen molar-refractivity contribution in [1.82, 2.24) is 19.3 Å². The number of hydrogen-bond acceptors (Lipinski definition) is 8. The molecule has 0 radical (unpaired) electrons. The minimum atomic E-state index is -3.90. The van der Waals surface area contributed by atoms with Crippen LogP contribution < -0.4 is 4.74 Å². The molecule has 0 atom stereocenters. The Hall–Kier alpha value is -2.89. The van der Waals surface area contributed by atoms with Crippen LogP contribution in [0, 0.1) is 0 Å². The highest BCUT2D eigenvalue weighted by Crippen LogP contribution is 2.28. The van der Waals surface area contributed by atoms with Crippen LogP contribution in [0.25, 0.3) is 11.4 Å². The number of hydrogen-bond donors (Lipinski definition) is 0. The van der Waals surface area contributed by atoms with E-state index in [4.69, 9.17) is 9.26 Å². The zero-order valence-corrected chi connectivity index (χ0v) is 21.6. The number of sulfonamides is 1. The summed E-state index contributed by atoms with van der Waals surface area (Å²) in [5.41, 5.74) is 1.14. The molecule has 1 amide bonds. The second-order valence-electron chi connectivity index (χ2n) is 8.09. The van der Waals surface area contributed by atoms with Crippen LogP contribution in [0.4, 0.5) is 0 Å². The van der Waals surface area contributed by atoms with Gasteiger partial charge >= 0.3 is 0 Å². The van der Waals surface area contributed by atoms with E-state index in [2.05, 4.69) is 10.1 Å². The smallest absolute Gasteiger partial charge is 0.255 e. The summed E-state index contributed by atoms with van der Waals surface area (Å²) in [6.07, 6.45) is 3.79. The van der Waals surface area contributed by atoms with Gasteiger partial charge in [-0.15, -0.1) is 11.8 Å². The van der Waals surface area contributed by atoms with E-state index >= 15 is 0 Å². The van der Waals surface area contributed by atoms with Crippen molar-refractivity contribution in [2.75, 3.05) is 33.0 Å². The van der Waals surface area contributed by atoms with Crippen molar-refractivity contribution in [2.24, 2.45) is 0 Å². The first-order valence-electron chi connectivity index (χ1n) is 11.3. The number of amides is 1. The Morgan fingerprint density at radius 2 is 1.89 bits per heavy atom. The van der Waals surface area contributed by atoms with E-state index in [9.17, 15) is 13.2 Å². The van der Waals surface area contributed by atoms with Gasteiger partial charge in [0.1, 0.15) is 5.75 Å². The number of likely N-dealkylation sites (tertiary alicyclic amines) is 1. The monoisotopic (exact) mass is 516 g/mol. The van der Waals surface area contributed by atoms with Gasteiger partial charge in [0.15, 0.2) is 0 Å². The summed E-state index contributed by atoms with van der Waals surface area (Å²) in [6, 6.07) is 11.9. The van der Waals surface area contributed by atoms with Crippen LogP contribution in [0.1, 0.15) is 36.0 Å². The van der Waals surface area contributed by atoms with Crippen molar-refractivity contribution in [3.05, 3.63) is 53.9 Å². The number of aromatic nitrogens is 2. The van der Waals surface area contributed by atoms with Crippen molar-refractivity contribution in [2.45, 2.75) is 36.1 Å². The zero-order chi connectivity index (χ0) is 25.0. The Morgan fingerprint density at radius 1 is 1.17 bits per heavy atom. The molecule has 35 heavy (non-hydrogen) atoms. The van der Waals surface area contributed by atoms with Gasteiger partial charge in [0.05, 0.1) is 23.6 Å². The Morgan fingerprint density at radius 3 is 2.54 bits per heavy atom. The van der Waals surface area contributed by atoms with E-state index in [-0.39, 0.29) is 23.2 Å². The molecule has 1 aliphatic heterocycles. The third-order valence-corrected chi connectivity index (χ3v) is 8.35. The van der Waals surface area contributed by atoms with Crippen molar-refractivity contribution < 1.29 is 22.5 Å². The molecule has 0 bridgehead atoms. The Bertz CT molecular complexity index is 1290. The number of carbonyl (C=O) groups is 1. The van der Waals surface area contributed by atoms with Crippen LogP contribution in [0.2, 0.25) is 0 Å². The van der Waals surface area contributed by atoms with Gasteiger partial charge in [-0.1, -0.05) is 5.16 Å². The molecular formula is C24H28N4O5S2. The molecule has 1 fully saturated rings. The maximum absolute atomic E-state index is 13.3. The SMILES string of the molecule is CCOc1ccc(-c2noc(CN(C)S(=O)(=O)c3ccc(SC)c(C(=O)N4CCCC4)c3)n2)cc1. The lowest BCUT2D eigenvalue weighted by atomic mass is 10.2. The highest BCUT2D eigenvalue weighted by atomic mass is 32.2. The molecule has 1 saturated heterocycles. The van der Waals surface area contributed by atoms with Crippen molar-refractivity contribution >= 4 is 27.7 Å². The summed E-state index contributed by atoms with van der Waals surface area (Å²) >= 11 is 1.42. The summed E-state index contributed by atoms with van der Waals surface area (Å²) in [7, 11) is -2.46. The first-order chi connectivity index (χ1) is 16.8. The Labute approximate surface area is 209 Å². The van der Waals surface area contributed by atoms with E-state index in [1.807, 2.05) is 37.4 Å². The van der Waals surface area contributed by atoms with Crippen LogP contribution in [0.5, 0.6) is 5.75 Å². The number of thioether (sulfide) groups is 1. The molecule has 2 heterocycles. The molecule has 1 aromatic heterocycles. The molecule has 186 valence electrons. The average Bonchev–Trinajstić information content (AvgIpc) is 3.56. The molecular weight excluding hydrogens is 488 g/mol. The highest BCUT2D eigenvalue weighted by molar-refractivity contribution is 7.98. The van der Waals surface area contributed by atoms with Crippen molar-refractivity contribution in [3.63, 3.8) is 0 Å². The summed E-state index contributed by atoms with van der Waals surface area (Å²) in [5, 5.41) is 3.97. The minimum absolute atomic E-state index is 0.0478. The van der Waals surface area contributed by atoms with Gasteiger partial charge in [0, 0.05) is 30.6 Å². The number of nitrogens with zero attached hydrogens (tertiary/aromatic N) is 4. The molecule has 0 spiro atoms. The third kappa shape index (κ3) is 5.52. The summed E-state index contributed by atoms with van der Waals surface area (Å²) in [5.74, 6) is 1.12. The molecule has 0 aliphatic carbocycles. The molecule has 9 nitrogen and oxygen atoms in total. The molecule has 0 N–H and O–H groups in total. The lowest BCUT2D eigenvalue weighted by molar-refractivity contribution is 0.0789. The van der Waals surface area contributed by atoms with Crippen LogP contribution in [-0.4, -0.2) is 66.7 Å². The van der Waals surface area contributed by atoms with E-state index in [1.165, 1.54) is 30.9 Å². The number of ether oxygens (including phenoxy) is 1. The fourth-order valence-electron chi connectivity index (χ4n) is 3.86. The van der Waals surface area contributed by atoms with Crippen LogP contribution >= 0.6 is 11.8 Å². The molecule has 3 aromatic rings. The van der Waals surface area contributed by atoms with Crippen molar-refractivity contribution in [1.29, 1.82) is 0 Å². The average molecular weight is 517 g/mol. The molecule has 11 heteroatoms. The fourth-order valence-corrected chi connectivity index (χ4v) is 5.58. The number of benzene rings is 2. The second-order valence-corrected chi connectivity index (χ2v) is 11.0. The Balaban J connectivity index is 1.52. The normalized spacial score (nSPS) is 14.0. The fraction of sp³-hybridized carbons (Fsp3) is 0.375. The molecule has 4 rings (SSSR count). The number of carbonyl (C=O) groups excluding carboxylic acids is 1. The molecule has 2 aromatic carbocycles. The van der Waals surface area contributed by atoms with Gasteiger partial charge in [-0.3, -0.25) is 4.79 Å². The quantitative estimate of drug-likeness (QED) is 0.394. The van der Waals surface area contributed by atoms with E-state index < -0.39 is 10.0 Å². The van der Waals surface area contributed by atoms with Gasteiger partial charge < -0.3 is 14.2 Å². The molecule has 1 aliphatic rings. The van der Waals surface area contributed by atoms with Gasteiger partial charge in [-0.05, 0) is 68.5 Å². The lowest BCUT2D eigenvalue weighted by Crippen LogP contribution is -2.29. The first-order valence-corrected chi connectivity index (χ1v) is 14.0. The van der Waals surface area contributed by atoms with Crippen LogP contribution in [0.3, 0.4) is 0 Å². The third-order valence-electron chi connectivity index (χ3n) is 5.75. The summed E-state index contributed by atoms with van der Waals surface area (Å²) in [6.45, 7) is 3.76. The second kappa shape index (κ2) is 10.8. The molecule has 0 saturated carbocycles. The lowest BCUT2D eigenvalue weighted by Gasteiger charge is -2.19. The predicted molar refractivity (Wildman–Crippen MR) is 133 cm³/mol. The van der Waals surface area contributed by atoms with Gasteiger partial charge in [0.2, 0.25) is 21.7 Å². The van der Waals surface area contributed by atoms with Crippen molar-refractivity contribution in [3.8, 4) is 17.1 Å². The van der Waals surface area contributed by atoms with E-state index in [1.54, 1.807) is 11.0 Å². The van der Waals surface area contributed by atoms with Gasteiger partial charge in [-0.25, -0.2) is 8.42 Å². The summed E-state index contributed by atoms with van der Waals surface area (Å²) < 4.78 is 38.5. The van der Waals surface area contributed by atoms with E-state index in [0.29, 0.717) is 31.1 Å². The van der Waals surface area contributed by atoms with Gasteiger partial charge in [0.25, 0.3) is 5.91 Å². The summed E-state index contributed by atoms with van der Waals surface area (Å²) in [4.78, 5) is 19.9. The number of rotatable bonds is 9. The highest BCUT2D eigenvalue weighted by Gasteiger charge is 2.27. The first kappa shape index (κ1) is 25.2. The van der Waals surface area contributed by atoms with Crippen LogP contribution in [-0.2, 0) is 16.6 Å². The maximum Gasteiger partial charge on any atom is 0.255 e. The molecule has 0 unspecified atom stereocenters. The van der Waals surface area contributed by atoms with Gasteiger partial charge in [-0.2, -0.15) is 9.29 Å².